The topological polar surface area (TPSA) is 99.4 Å². The van der Waals surface area contributed by atoms with Crippen LogP contribution >= 0.6 is 0 Å². The van der Waals surface area contributed by atoms with Crippen molar-refractivity contribution in [2.24, 2.45) is 0 Å². The lowest BCUT2D eigenvalue weighted by molar-refractivity contribution is -0.116. The Morgan fingerprint density at radius 1 is 1.03 bits per heavy atom. The number of aromatic nitrogens is 2. The minimum atomic E-state index is -0.541. The summed E-state index contributed by atoms with van der Waals surface area (Å²) in [6, 6.07) is 13.2. The van der Waals surface area contributed by atoms with Crippen LogP contribution in [0.25, 0.3) is 10.9 Å². The molecule has 166 valence electrons. The fourth-order valence-corrected chi connectivity index (χ4v) is 4.29. The first-order valence-corrected chi connectivity index (χ1v) is 10.8. The van der Waals surface area contributed by atoms with Gasteiger partial charge in [-0.25, -0.2) is 9.59 Å². The van der Waals surface area contributed by atoms with Crippen molar-refractivity contribution in [2.75, 3.05) is 11.9 Å². The molecule has 8 heteroatoms. The standard InChI is InChI=1S/C24H25N3O5/c1-2-32-23(30)17-11-5-7-13-19(17)25-21(28)15-26-20-14-8-6-12-18(20)22(29)27(24(26)31)16-9-3-4-10-16/h5-8,11-14,16H,2-4,9-10,15H2,1H3,(H,25,28). The lowest BCUT2D eigenvalue weighted by Crippen LogP contribution is -2.43. The Balaban J connectivity index is 1.71. The van der Waals surface area contributed by atoms with Gasteiger partial charge < -0.3 is 10.1 Å². The summed E-state index contributed by atoms with van der Waals surface area (Å²) in [5, 5.41) is 3.11. The van der Waals surface area contributed by atoms with Gasteiger partial charge in [-0.05, 0) is 44.0 Å². The fraction of sp³-hybridized carbons (Fsp3) is 0.333. The molecule has 1 fully saturated rings. The van der Waals surface area contributed by atoms with Gasteiger partial charge in [0.1, 0.15) is 6.54 Å². The second kappa shape index (κ2) is 9.21. The summed E-state index contributed by atoms with van der Waals surface area (Å²) in [5.41, 5.74) is 0.134. The lowest BCUT2D eigenvalue weighted by atomic mass is 10.1. The molecule has 1 aliphatic carbocycles. The highest BCUT2D eigenvalue weighted by molar-refractivity contribution is 6.01. The number of hydrogen-bond donors (Lipinski definition) is 1. The fourth-order valence-electron chi connectivity index (χ4n) is 4.29. The number of hydrogen-bond acceptors (Lipinski definition) is 5. The van der Waals surface area contributed by atoms with Crippen LogP contribution in [0.5, 0.6) is 0 Å². The summed E-state index contributed by atoms with van der Waals surface area (Å²) in [5.74, 6) is -1.02. The molecule has 8 nitrogen and oxygen atoms in total. The number of ether oxygens (including phenoxy) is 1. The van der Waals surface area contributed by atoms with Crippen LogP contribution in [0.2, 0.25) is 0 Å². The summed E-state index contributed by atoms with van der Waals surface area (Å²) < 4.78 is 7.68. The molecule has 1 aliphatic rings. The molecule has 32 heavy (non-hydrogen) atoms. The quantitative estimate of drug-likeness (QED) is 0.600. The average Bonchev–Trinajstić information content (AvgIpc) is 3.32. The van der Waals surface area contributed by atoms with E-state index < -0.39 is 17.6 Å². The summed E-state index contributed by atoms with van der Waals surface area (Å²) in [4.78, 5) is 51.5. The summed E-state index contributed by atoms with van der Waals surface area (Å²) >= 11 is 0. The maximum absolute atomic E-state index is 13.3. The highest BCUT2D eigenvalue weighted by Crippen LogP contribution is 2.27. The Hall–Kier alpha value is -3.68. The summed E-state index contributed by atoms with van der Waals surface area (Å²) in [6.45, 7) is 1.63. The van der Waals surface area contributed by atoms with Crippen LogP contribution in [0, 0.1) is 0 Å². The van der Waals surface area contributed by atoms with Crippen molar-refractivity contribution in [1.29, 1.82) is 0 Å². The van der Waals surface area contributed by atoms with E-state index in [1.54, 1.807) is 55.5 Å². The Bertz CT molecular complexity index is 1280. The van der Waals surface area contributed by atoms with Gasteiger partial charge >= 0.3 is 11.7 Å². The van der Waals surface area contributed by atoms with Gasteiger partial charge in [-0.1, -0.05) is 37.1 Å². The zero-order chi connectivity index (χ0) is 22.7. The molecule has 1 N–H and O–H groups in total. The number of nitrogens with one attached hydrogen (secondary N) is 1. The van der Waals surface area contributed by atoms with Crippen molar-refractivity contribution in [3.8, 4) is 0 Å². The maximum Gasteiger partial charge on any atom is 0.340 e. The van der Waals surface area contributed by atoms with Crippen molar-refractivity contribution in [2.45, 2.75) is 45.2 Å². The van der Waals surface area contributed by atoms with Crippen LogP contribution < -0.4 is 16.6 Å². The van der Waals surface area contributed by atoms with Crippen molar-refractivity contribution in [3.05, 3.63) is 74.9 Å². The first-order chi connectivity index (χ1) is 15.5. The number of benzene rings is 2. The number of para-hydroxylation sites is 2. The Labute approximate surface area is 184 Å². The molecule has 3 aromatic rings. The lowest BCUT2D eigenvalue weighted by Gasteiger charge is -2.18. The molecule has 0 spiro atoms. The molecule has 1 amide bonds. The van der Waals surface area contributed by atoms with Crippen molar-refractivity contribution >= 4 is 28.5 Å². The van der Waals surface area contributed by atoms with Gasteiger partial charge in [0.05, 0.1) is 28.8 Å². The van der Waals surface area contributed by atoms with E-state index in [9.17, 15) is 19.2 Å². The van der Waals surface area contributed by atoms with E-state index in [1.165, 1.54) is 9.13 Å². The molecule has 1 aromatic heterocycles. The van der Waals surface area contributed by atoms with Crippen LogP contribution in [0.4, 0.5) is 5.69 Å². The molecule has 0 aliphatic heterocycles. The highest BCUT2D eigenvalue weighted by atomic mass is 16.5. The number of fused-ring (bicyclic) bond motifs is 1. The van der Waals surface area contributed by atoms with Gasteiger partial charge in [-0.15, -0.1) is 0 Å². The predicted octanol–water partition coefficient (Wildman–Crippen LogP) is 3.09. The second-order valence-corrected chi connectivity index (χ2v) is 7.81. The Morgan fingerprint density at radius 3 is 2.47 bits per heavy atom. The molecular weight excluding hydrogens is 410 g/mol. The number of nitrogens with zero attached hydrogens (tertiary/aromatic N) is 2. The summed E-state index contributed by atoms with van der Waals surface area (Å²) in [6.07, 6.45) is 3.47. The number of anilines is 1. The predicted molar refractivity (Wildman–Crippen MR) is 121 cm³/mol. The molecule has 0 radical (unpaired) electrons. The van der Waals surface area contributed by atoms with Gasteiger partial charge in [0.25, 0.3) is 5.56 Å². The van der Waals surface area contributed by atoms with Gasteiger partial charge in [0.2, 0.25) is 5.91 Å². The van der Waals surface area contributed by atoms with E-state index >= 15 is 0 Å². The smallest absolute Gasteiger partial charge is 0.340 e. The monoisotopic (exact) mass is 435 g/mol. The molecular formula is C24H25N3O5. The van der Waals surface area contributed by atoms with Gasteiger partial charge in [0, 0.05) is 6.04 Å². The number of amides is 1. The molecule has 0 atom stereocenters. The second-order valence-electron chi connectivity index (χ2n) is 7.81. The molecule has 1 saturated carbocycles. The van der Waals surface area contributed by atoms with Crippen molar-refractivity contribution in [3.63, 3.8) is 0 Å². The first kappa shape index (κ1) is 21.5. The summed E-state index contributed by atoms with van der Waals surface area (Å²) in [7, 11) is 0. The largest absolute Gasteiger partial charge is 0.462 e. The highest BCUT2D eigenvalue weighted by Gasteiger charge is 2.24. The van der Waals surface area contributed by atoms with E-state index in [0.717, 1.165) is 25.7 Å². The van der Waals surface area contributed by atoms with E-state index in [-0.39, 0.29) is 30.3 Å². The first-order valence-electron chi connectivity index (χ1n) is 10.8. The number of rotatable bonds is 6. The van der Waals surface area contributed by atoms with E-state index in [1.807, 2.05) is 0 Å². The third-order valence-electron chi connectivity index (χ3n) is 5.77. The minimum Gasteiger partial charge on any atom is -0.462 e. The molecule has 2 aromatic carbocycles. The maximum atomic E-state index is 13.3. The van der Waals surface area contributed by atoms with Crippen molar-refractivity contribution < 1.29 is 14.3 Å². The number of carbonyl (C=O) groups is 2. The average molecular weight is 435 g/mol. The molecule has 4 rings (SSSR count). The number of esters is 1. The minimum absolute atomic E-state index is 0.154. The van der Waals surface area contributed by atoms with Gasteiger partial charge in [0.15, 0.2) is 0 Å². The molecule has 0 saturated heterocycles. The Morgan fingerprint density at radius 2 is 1.72 bits per heavy atom. The van der Waals surface area contributed by atoms with Crippen LogP contribution in [0.15, 0.2) is 58.1 Å². The van der Waals surface area contributed by atoms with Crippen LogP contribution in [0.3, 0.4) is 0 Å². The van der Waals surface area contributed by atoms with E-state index in [0.29, 0.717) is 16.6 Å². The third-order valence-corrected chi connectivity index (χ3v) is 5.77. The van der Waals surface area contributed by atoms with Crippen LogP contribution in [-0.2, 0) is 16.1 Å². The zero-order valence-electron chi connectivity index (χ0n) is 17.9. The molecule has 1 heterocycles. The third kappa shape index (κ3) is 4.08. The van der Waals surface area contributed by atoms with Gasteiger partial charge in [-0.2, -0.15) is 0 Å². The normalized spacial score (nSPS) is 13.9. The SMILES string of the molecule is CCOC(=O)c1ccccc1NC(=O)Cn1c(=O)n(C2CCCC2)c(=O)c2ccccc21. The van der Waals surface area contributed by atoms with Gasteiger partial charge in [-0.3, -0.25) is 18.7 Å². The molecule has 0 unspecified atom stereocenters. The van der Waals surface area contributed by atoms with E-state index in [4.69, 9.17) is 4.74 Å². The van der Waals surface area contributed by atoms with Crippen molar-refractivity contribution in [1.82, 2.24) is 9.13 Å². The van der Waals surface area contributed by atoms with Crippen LogP contribution in [-0.4, -0.2) is 27.6 Å². The zero-order valence-corrected chi connectivity index (χ0v) is 17.9. The Kier molecular flexibility index (Phi) is 6.20. The van der Waals surface area contributed by atoms with Crippen LogP contribution in [0.1, 0.15) is 49.0 Å². The van der Waals surface area contributed by atoms with E-state index in [2.05, 4.69) is 5.32 Å². The molecule has 0 bridgehead atoms. The number of carbonyl (C=O) groups excluding carboxylic acids is 2.